The van der Waals surface area contributed by atoms with Crippen LogP contribution in [0.2, 0.25) is 0 Å². The van der Waals surface area contributed by atoms with E-state index in [0.717, 1.165) is 10.9 Å². The van der Waals surface area contributed by atoms with Crippen molar-refractivity contribution in [2.45, 2.75) is 12.5 Å². The van der Waals surface area contributed by atoms with Crippen LogP contribution in [0.25, 0.3) is 10.9 Å². The maximum Gasteiger partial charge on any atom is 0.258 e. The summed E-state index contributed by atoms with van der Waals surface area (Å²) in [5.41, 5.74) is 0.731. The fourth-order valence-corrected chi connectivity index (χ4v) is 4.08. The molecule has 1 aliphatic rings. The summed E-state index contributed by atoms with van der Waals surface area (Å²) >= 11 is 0. The van der Waals surface area contributed by atoms with Gasteiger partial charge in [-0.3, -0.25) is 4.79 Å². The highest BCUT2D eigenvalue weighted by molar-refractivity contribution is 7.91. The van der Waals surface area contributed by atoms with E-state index in [9.17, 15) is 13.2 Å². The highest BCUT2D eigenvalue weighted by Crippen LogP contribution is 2.20. The highest BCUT2D eigenvalue weighted by Gasteiger charge is 2.28. The summed E-state index contributed by atoms with van der Waals surface area (Å²) < 4.78 is 28.1. The van der Waals surface area contributed by atoms with Gasteiger partial charge in [-0.2, -0.15) is 0 Å². The van der Waals surface area contributed by atoms with Crippen LogP contribution in [0.15, 0.2) is 30.6 Å². The third kappa shape index (κ3) is 3.33. The molecule has 0 unspecified atom stereocenters. The average molecular weight is 321 g/mol. The number of sulfone groups is 1. The van der Waals surface area contributed by atoms with Crippen molar-refractivity contribution in [2.75, 3.05) is 18.1 Å². The van der Waals surface area contributed by atoms with Crippen molar-refractivity contribution in [3.63, 3.8) is 0 Å². The van der Waals surface area contributed by atoms with Gasteiger partial charge >= 0.3 is 0 Å². The van der Waals surface area contributed by atoms with E-state index in [-0.39, 0.29) is 30.1 Å². The van der Waals surface area contributed by atoms with Crippen LogP contribution in [-0.4, -0.2) is 48.4 Å². The minimum Gasteiger partial charge on any atom is -0.467 e. The van der Waals surface area contributed by atoms with Gasteiger partial charge in [-0.05, 0) is 18.6 Å². The fourth-order valence-electron chi connectivity index (χ4n) is 2.41. The zero-order chi connectivity index (χ0) is 15.6. The number of nitrogens with zero attached hydrogens (tertiary/aromatic N) is 2. The molecule has 1 saturated heterocycles. The van der Waals surface area contributed by atoms with Crippen molar-refractivity contribution in [3.8, 4) is 5.88 Å². The number of hydrogen-bond acceptors (Lipinski definition) is 6. The molecule has 1 aromatic heterocycles. The van der Waals surface area contributed by atoms with Crippen LogP contribution in [0.4, 0.5) is 0 Å². The molecule has 2 heterocycles. The first kappa shape index (κ1) is 14.7. The molecule has 0 aliphatic carbocycles. The lowest BCUT2D eigenvalue weighted by Gasteiger charge is -2.11. The van der Waals surface area contributed by atoms with E-state index in [2.05, 4.69) is 15.3 Å². The Morgan fingerprint density at radius 1 is 1.32 bits per heavy atom. The van der Waals surface area contributed by atoms with E-state index in [1.165, 1.54) is 6.33 Å². The zero-order valence-corrected chi connectivity index (χ0v) is 12.5. The molecule has 0 bridgehead atoms. The molecular formula is C14H15N3O4S. The van der Waals surface area contributed by atoms with Crippen LogP contribution in [0.5, 0.6) is 5.88 Å². The van der Waals surface area contributed by atoms with Crippen molar-refractivity contribution in [1.29, 1.82) is 0 Å². The summed E-state index contributed by atoms with van der Waals surface area (Å²) in [4.78, 5) is 20.0. The second kappa shape index (κ2) is 5.88. The molecule has 1 aromatic carbocycles. The number of aromatic nitrogens is 2. The third-order valence-electron chi connectivity index (χ3n) is 3.44. The molecule has 116 valence electrons. The number of hydrogen-bond donors (Lipinski definition) is 1. The Kier molecular flexibility index (Phi) is 3.93. The monoisotopic (exact) mass is 321 g/mol. The van der Waals surface area contributed by atoms with Crippen LogP contribution >= 0.6 is 0 Å². The predicted molar refractivity (Wildman–Crippen MR) is 80.2 cm³/mol. The summed E-state index contributed by atoms with van der Waals surface area (Å²) in [6.45, 7) is -0.211. The minimum atomic E-state index is -3.01. The second-order valence-electron chi connectivity index (χ2n) is 5.15. The van der Waals surface area contributed by atoms with Gasteiger partial charge in [-0.1, -0.05) is 12.1 Å². The van der Waals surface area contributed by atoms with E-state index < -0.39 is 9.84 Å². The van der Waals surface area contributed by atoms with E-state index in [0.29, 0.717) is 12.3 Å². The quantitative estimate of drug-likeness (QED) is 0.870. The van der Waals surface area contributed by atoms with E-state index >= 15 is 0 Å². The number of benzene rings is 1. The zero-order valence-electron chi connectivity index (χ0n) is 11.7. The topological polar surface area (TPSA) is 98.2 Å². The molecule has 0 radical (unpaired) electrons. The third-order valence-corrected chi connectivity index (χ3v) is 5.21. The molecule has 7 nitrogen and oxygen atoms in total. The molecule has 1 amide bonds. The maximum absolute atomic E-state index is 11.8. The predicted octanol–water partition coefficient (Wildman–Crippen LogP) is 0.312. The number of fused-ring (bicyclic) bond motifs is 1. The van der Waals surface area contributed by atoms with Gasteiger partial charge in [-0.15, -0.1) is 0 Å². The van der Waals surface area contributed by atoms with Gasteiger partial charge in [0.15, 0.2) is 16.4 Å². The number of carbonyl (C=O) groups excluding carboxylic acids is 1. The van der Waals surface area contributed by atoms with E-state index in [4.69, 9.17) is 4.74 Å². The van der Waals surface area contributed by atoms with Gasteiger partial charge in [-0.25, -0.2) is 18.4 Å². The number of amides is 1. The Morgan fingerprint density at radius 3 is 2.91 bits per heavy atom. The van der Waals surface area contributed by atoms with E-state index in [1.54, 1.807) is 0 Å². The first-order valence-corrected chi connectivity index (χ1v) is 8.68. The first-order valence-electron chi connectivity index (χ1n) is 6.86. The lowest BCUT2D eigenvalue weighted by Crippen LogP contribution is -2.38. The molecule has 1 aliphatic heterocycles. The summed E-state index contributed by atoms with van der Waals surface area (Å²) in [5, 5.41) is 3.39. The molecular weight excluding hydrogens is 306 g/mol. The lowest BCUT2D eigenvalue weighted by atomic mass is 10.2. The smallest absolute Gasteiger partial charge is 0.258 e. The molecule has 8 heteroatoms. The maximum atomic E-state index is 11.8. The summed E-state index contributed by atoms with van der Waals surface area (Å²) in [5.74, 6) is 0.0921. The first-order chi connectivity index (χ1) is 10.5. The number of ether oxygens (including phenoxy) is 1. The SMILES string of the molecule is O=C(COc1ncnc2ccccc12)N[C@H]1CCS(=O)(=O)C1. The number of rotatable bonds is 4. The normalized spacial score (nSPS) is 19.9. The van der Waals surface area contributed by atoms with Crippen LogP contribution < -0.4 is 10.1 Å². The largest absolute Gasteiger partial charge is 0.467 e. The summed E-state index contributed by atoms with van der Waals surface area (Å²) in [7, 11) is -3.01. The molecule has 1 N–H and O–H groups in total. The summed E-state index contributed by atoms with van der Waals surface area (Å²) in [6.07, 6.45) is 1.82. The second-order valence-corrected chi connectivity index (χ2v) is 7.38. The number of para-hydroxylation sites is 1. The molecule has 1 atom stereocenters. The van der Waals surface area contributed by atoms with E-state index in [1.807, 2.05) is 24.3 Å². The Morgan fingerprint density at radius 2 is 2.14 bits per heavy atom. The molecule has 22 heavy (non-hydrogen) atoms. The van der Waals surface area contributed by atoms with Gasteiger partial charge in [0.2, 0.25) is 5.88 Å². The standard InChI is InChI=1S/C14H15N3O4S/c18-13(17-10-5-6-22(19,20)8-10)7-21-14-11-3-1-2-4-12(11)15-9-16-14/h1-4,9-10H,5-8H2,(H,17,18)/t10-/m0/s1. The number of carbonyl (C=O) groups is 1. The lowest BCUT2D eigenvalue weighted by molar-refractivity contribution is -0.123. The van der Waals surface area contributed by atoms with Crippen LogP contribution in [0, 0.1) is 0 Å². The van der Waals surface area contributed by atoms with Gasteiger partial charge in [0.05, 0.1) is 22.4 Å². The van der Waals surface area contributed by atoms with Crippen molar-refractivity contribution >= 4 is 26.6 Å². The molecule has 0 saturated carbocycles. The Labute approximate surface area is 127 Å². The number of nitrogens with one attached hydrogen (secondary N) is 1. The Bertz CT molecular complexity index is 801. The summed E-state index contributed by atoms with van der Waals surface area (Å²) in [6, 6.07) is 7.00. The molecule has 2 aromatic rings. The average Bonchev–Trinajstić information content (AvgIpc) is 2.84. The highest BCUT2D eigenvalue weighted by atomic mass is 32.2. The van der Waals surface area contributed by atoms with Crippen LogP contribution in [0.1, 0.15) is 6.42 Å². The van der Waals surface area contributed by atoms with Crippen LogP contribution in [-0.2, 0) is 14.6 Å². The molecule has 1 fully saturated rings. The van der Waals surface area contributed by atoms with Gasteiger partial charge in [0.1, 0.15) is 6.33 Å². The van der Waals surface area contributed by atoms with Crippen molar-refractivity contribution in [1.82, 2.24) is 15.3 Å². The van der Waals surface area contributed by atoms with Crippen molar-refractivity contribution < 1.29 is 17.9 Å². The Hall–Kier alpha value is -2.22. The molecule has 0 spiro atoms. The van der Waals surface area contributed by atoms with Crippen molar-refractivity contribution in [2.24, 2.45) is 0 Å². The molecule has 3 rings (SSSR count). The fraction of sp³-hybridized carbons (Fsp3) is 0.357. The van der Waals surface area contributed by atoms with Crippen molar-refractivity contribution in [3.05, 3.63) is 30.6 Å². The van der Waals surface area contributed by atoms with Gasteiger partial charge in [0, 0.05) is 6.04 Å². The minimum absolute atomic E-state index is 0.00478. The van der Waals surface area contributed by atoms with Gasteiger partial charge in [0.25, 0.3) is 5.91 Å². The Balaban J connectivity index is 1.61. The van der Waals surface area contributed by atoms with Gasteiger partial charge < -0.3 is 10.1 Å². The van der Waals surface area contributed by atoms with Crippen LogP contribution in [0.3, 0.4) is 0 Å².